The van der Waals surface area contributed by atoms with Crippen LogP contribution in [0.15, 0.2) is 53.7 Å². The average molecular weight is 546 g/mol. The second-order valence-electron chi connectivity index (χ2n) is 8.46. The predicted octanol–water partition coefficient (Wildman–Crippen LogP) is 3.61. The van der Waals surface area contributed by atoms with Gasteiger partial charge in [0.1, 0.15) is 0 Å². The fourth-order valence-electron chi connectivity index (χ4n) is 4.56. The normalized spacial score (nSPS) is 17.5. The van der Waals surface area contributed by atoms with E-state index in [1.807, 2.05) is 23.0 Å². The summed E-state index contributed by atoms with van der Waals surface area (Å²) in [5, 5.41) is 6.86. The fraction of sp³-hybridized carbons (Fsp3) is 0.400. The van der Waals surface area contributed by atoms with Gasteiger partial charge >= 0.3 is 0 Å². The van der Waals surface area contributed by atoms with Crippen molar-refractivity contribution in [1.29, 1.82) is 0 Å². The molecule has 0 radical (unpaired) electrons. The molecule has 1 aliphatic carbocycles. The van der Waals surface area contributed by atoms with E-state index in [2.05, 4.69) is 54.6 Å². The van der Waals surface area contributed by atoms with Crippen molar-refractivity contribution in [2.24, 2.45) is 0 Å². The Morgan fingerprint density at radius 2 is 2.03 bits per heavy atom. The molecule has 1 fully saturated rings. The number of fused-ring (bicyclic) bond motifs is 2. The number of aryl methyl sites for hydroxylation is 3. The molecule has 1 aromatic carbocycles. The fourth-order valence-corrected chi connectivity index (χ4v) is 5.14. The summed E-state index contributed by atoms with van der Waals surface area (Å²) in [4.78, 5) is 21.1. The zero-order valence-electron chi connectivity index (χ0n) is 19.1. The molecule has 0 saturated carbocycles. The molecule has 0 unspecified atom stereocenters. The van der Waals surface area contributed by atoms with Gasteiger partial charge in [0.15, 0.2) is 0 Å². The van der Waals surface area contributed by atoms with Crippen LogP contribution in [0.1, 0.15) is 34.8 Å². The van der Waals surface area contributed by atoms with Crippen molar-refractivity contribution < 1.29 is 4.79 Å². The Morgan fingerprint density at radius 3 is 2.79 bits per heavy atom. The summed E-state index contributed by atoms with van der Waals surface area (Å²) in [5.41, 5.74) is 5.27. The lowest BCUT2D eigenvalue weighted by atomic mass is 9.96. The summed E-state index contributed by atoms with van der Waals surface area (Å²) in [6.45, 7) is 5.78. The van der Waals surface area contributed by atoms with Crippen LogP contribution < -0.4 is 10.6 Å². The van der Waals surface area contributed by atoms with Crippen molar-refractivity contribution in [3.63, 3.8) is 0 Å². The molecule has 9 heteroatoms. The molecule has 2 N–H and O–H groups in total. The first-order chi connectivity index (χ1) is 16.7. The molecule has 0 spiro atoms. The third-order valence-corrected chi connectivity index (χ3v) is 6.86. The van der Waals surface area contributed by atoms with Crippen LogP contribution in [-0.2, 0) is 24.2 Å². The summed E-state index contributed by atoms with van der Waals surface area (Å²) in [5.74, 6) is 0. The molecule has 34 heavy (non-hydrogen) atoms. The van der Waals surface area contributed by atoms with Crippen molar-refractivity contribution in [1.82, 2.24) is 30.1 Å². The minimum absolute atomic E-state index is 0.231. The zero-order chi connectivity index (χ0) is 23.8. The molecule has 1 aliphatic heterocycles. The van der Waals surface area contributed by atoms with Crippen LogP contribution in [-0.4, -0.2) is 58.6 Å². The van der Waals surface area contributed by atoms with Crippen LogP contribution in [0, 0.1) is 0 Å². The second kappa shape index (κ2) is 12.4. The minimum Gasteiger partial charge on any atom is -0.359 e. The van der Waals surface area contributed by atoms with E-state index in [1.54, 1.807) is 12.5 Å². The number of hydrogen-bond acceptors (Lipinski definition) is 5. The highest BCUT2D eigenvalue weighted by Crippen LogP contribution is 2.37. The summed E-state index contributed by atoms with van der Waals surface area (Å²) >= 11 is 9.82. The average Bonchev–Trinajstić information content (AvgIpc) is 3.32. The number of hydrogen-bond donors (Lipinski definition) is 2. The SMILES string of the molecule is Clc1ccc2c(c1)CCc1cc(Br)cnc1[C@@H]2N1CCNCC1.O=CNCCCn1ccnc1. The minimum atomic E-state index is 0.231. The number of nitrogens with one attached hydrogen (secondary N) is 2. The summed E-state index contributed by atoms with van der Waals surface area (Å²) < 4.78 is 3.03. The Hall–Kier alpha value is -2.26. The predicted molar refractivity (Wildman–Crippen MR) is 138 cm³/mol. The number of pyridine rings is 1. The molecule has 180 valence electrons. The largest absolute Gasteiger partial charge is 0.359 e. The van der Waals surface area contributed by atoms with Crippen LogP contribution in [0.5, 0.6) is 0 Å². The third kappa shape index (κ3) is 6.44. The van der Waals surface area contributed by atoms with Crippen LogP contribution >= 0.6 is 27.5 Å². The number of amides is 1. The van der Waals surface area contributed by atoms with Gasteiger partial charge in [-0.25, -0.2) is 4.98 Å². The Balaban J connectivity index is 0.000000210. The molecule has 1 amide bonds. The molecule has 2 aromatic heterocycles. The van der Waals surface area contributed by atoms with Gasteiger partial charge in [0.25, 0.3) is 0 Å². The van der Waals surface area contributed by atoms with Gasteiger partial charge in [0.05, 0.1) is 18.1 Å². The van der Waals surface area contributed by atoms with Crippen LogP contribution in [0.3, 0.4) is 0 Å². The van der Waals surface area contributed by atoms with Gasteiger partial charge in [-0.15, -0.1) is 0 Å². The monoisotopic (exact) mass is 544 g/mol. The number of halogens is 2. The Kier molecular flexibility index (Phi) is 9.10. The van der Waals surface area contributed by atoms with Gasteiger partial charge in [-0.05, 0) is 70.1 Å². The molecule has 1 atom stereocenters. The maximum absolute atomic E-state index is 9.84. The lowest BCUT2D eigenvalue weighted by molar-refractivity contribution is -0.109. The summed E-state index contributed by atoms with van der Waals surface area (Å²) in [7, 11) is 0. The van der Waals surface area contributed by atoms with Gasteiger partial charge in [0.2, 0.25) is 6.41 Å². The van der Waals surface area contributed by atoms with Gasteiger partial charge in [-0.3, -0.25) is 14.7 Å². The van der Waals surface area contributed by atoms with E-state index in [0.29, 0.717) is 6.41 Å². The number of benzene rings is 1. The first-order valence-electron chi connectivity index (χ1n) is 11.7. The Bertz CT molecular complexity index is 1020. The molecule has 3 aromatic rings. The van der Waals surface area contributed by atoms with E-state index in [4.69, 9.17) is 16.6 Å². The standard InChI is InChI=1S/C18H19BrClN3.C7H11N3O/c19-14-9-13-2-1-12-10-15(20)3-4-16(12)18(17(13)22-11-14)23-7-5-21-6-8-23;11-7-9-2-1-4-10-5-3-8-6-10/h3-4,9-11,18,21H,1-2,5-8H2;3,5-7H,1-2,4H2,(H,9,11)/t18-;/m1./s1. The highest BCUT2D eigenvalue weighted by molar-refractivity contribution is 9.10. The molecular weight excluding hydrogens is 516 g/mol. The van der Waals surface area contributed by atoms with Gasteiger partial charge in [-0.1, -0.05) is 17.7 Å². The Labute approximate surface area is 214 Å². The molecule has 3 heterocycles. The second-order valence-corrected chi connectivity index (χ2v) is 9.81. The number of imidazole rings is 1. The molecule has 0 bridgehead atoms. The smallest absolute Gasteiger partial charge is 0.207 e. The van der Waals surface area contributed by atoms with E-state index < -0.39 is 0 Å². The van der Waals surface area contributed by atoms with E-state index in [9.17, 15) is 4.79 Å². The topological polar surface area (TPSA) is 75.1 Å². The highest BCUT2D eigenvalue weighted by atomic mass is 79.9. The molecule has 2 aliphatic rings. The first kappa shape index (κ1) is 24.9. The van der Waals surface area contributed by atoms with Crippen molar-refractivity contribution in [2.45, 2.75) is 31.8 Å². The molecule has 7 nitrogen and oxygen atoms in total. The Morgan fingerprint density at radius 1 is 1.21 bits per heavy atom. The zero-order valence-corrected chi connectivity index (χ0v) is 21.4. The van der Waals surface area contributed by atoms with Gasteiger partial charge in [0, 0.05) is 67.4 Å². The number of piperazine rings is 1. The number of rotatable bonds is 6. The number of nitrogens with zero attached hydrogens (tertiary/aromatic N) is 4. The number of carbonyl (C=O) groups excluding carboxylic acids is 1. The van der Waals surface area contributed by atoms with E-state index in [-0.39, 0.29) is 6.04 Å². The summed E-state index contributed by atoms with van der Waals surface area (Å²) in [6.07, 6.45) is 11.0. The third-order valence-electron chi connectivity index (χ3n) is 6.19. The van der Waals surface area contributed by atoms with Crippen molar-refractivity contribution in [3.05, 3.63) is 81.1 Å². The quantitative estimate of drug-likeness (QED) is 0.366. The highest BCUT2D eigenvalue weighted by Gasteiger charge is 2.30. The van der Waals surface area contributed by atoms with Gasteiger partial charge in [-0.2, -0.15) is 0 Å². The van der Waals surface area contributed by atoms with Crippen LogP contribution in [0.2, 0.25) is 5.02 Å². The molecular formula is C25H30BrClN6O. The van der Waals surface area contributed by atoms with Crippen LogP contribution in [0.4, 0.5) is 0 Å². The molecule has 1 saturated heterocycles. The molecule has 5 rings (SSSR count). The van der Waals surface area contributed by atoms with Crippen molar-refractivity contribution in [2.75, 3.05) is 32.7 Å². The van der Waals surface area contributed by atoms with Crippen molar-refractivity contribution in [3.8, 4) is 0 Å². The maximum atomic E-state index is 9.84. The number of aromatic nitrogens is 3. The lowest BCUT2D eigenvalue weighted by Gasteiger charge is -2.35. The van der Waals surface area contributed by atoms with Gasteiger partial charge < -0.3 is 15.2 Å². The first-order valence-corrected chi connectivity index (χ1v) is 12.8. The lowest BCUT2D eigenvalue weighted by Crippen LogP contribution is -2.45. The van der Waals surface area contributed by atoms with E-state index >= 15 is 0 Å². The van der Waals surface area contributed by atoms with Crippen LogP contribution in [0.25, 0.3) is 0 Å². The summed E-state index contributed by atoms with van der Waals surface area (Å²) in [6, 6.07) is 8.80. The van der Waals surface area contributed by atoms with E-state index in [1.165, 1.54) is 22.4 Å². The van der Waals surface area contributed by atoms with E-state index in [0.717, 1.165) is 68.0 Å². The van der Waals surface area contributed by atoms with Crippen molar-refractivity contribution >= 4 is 33.9 Å². The number of carbonyl (C=O) groups is 1. The maximum Gasteiger partial charge on any atom is 0.207 e.